The lowest BCUT2D eigenvalue weighted by Gasteiger charge is -2.19. The minimum absolute atomic E-state index is 0.0208. The quantitative estimate of drug-likeness (QED) is 0.546. The molecule has 48 valence electrons. The molecule has 0 amide bonds. The Labute approximate surface area is 49.8 Å². The number of aliphatic hydroxyl groups excluding tert-OH is 1. The summed E-state index contributed by atoms with van der Waals surface area (Å²) < 4.78 is 4.87. The Morgan fingerprint density at radius 2 is 2.38 bits per heavy atom. The Kier molecular flexibility index (Phi) is 2.72. The summed E-state index contributed by atoms with van der Waals surface area (Å²) in [6.07, 6.45) is 1.58. The van der Waals surface area contributed by atoms with Crippen molar-refractivity contribution >= 4 is 0 Å². The van der Waals surface area contributed by atoms with E-state index < -0.39 is 5.60 Å². The summed E-state index contributed by atoms with van der Waals surface area (Å²) in [6.45, 7) is 5.23. The molecule has 0 rings (SSSR count). The van der Waals surface area contributed by atoms with Gasteiger partial charge in [-0.25, -0.2) is 0 Å². The smallest absolute Gasteiger partial charge is 0.106 e. The Bertz CT molecular complexity index is 74.6. The second kappa shape index (κ2) is 2.84. The largest absolute Gasteiger partial charge is 0.393 e. The Balaban J connectivity index is 3.76. The third-order valence-electron chi connectivity index (χ3n) is 1.21. The van der Waals surface area contributed by atoms with E-state index in [1.165, 1.54) is 7.11 Å². The van der Waals surface area contributed by atoms with Gasteiger partial charge in [0.2, 0.25) is 0 Å². The minimum Gasteiger partial charge on any atom is -0.393 e. The van der Waals surface area contributed by atoms with E-state index in [0.29, 0.717) is 0 Å². The zero-order valence-electron chi connectivity index (χ0n) is 5.35. The maximum absolute atomic E-state index is 8.59. The maximum Gasteiger partial charge on any atom is 0.106 e. The van der Waals surface area contributed by atoms with Gasteiger partial charge in [-0.05, 0) is 6.92 Å². The molecular formula is C6H12O2. The molecule has 2 nitrogen and oxygen atoms in total. The van der Waals surface area contributed by atoms with E-state index in [1.807, 2.05) is 0 Å². The van der Waals surface area contributed by atoms with Crippen molar-refractivity contribution in [2.75, 3.05) is 13.7 Å². The van der Waals surface area contributed by atoms with Gasteiger partial charge in [0.15, 0.2) is 0 Å². The Morgan fingerprint density at radius 1 is 1.88 bits per heavy atom. The summed E-state index contributed by atoms with van der Waals surface area (Å²) in [5.41, 5.74) is -0.556. The van der Waals surface area contributed by atoms with Crippen molar-refractivity contribution in [1.29, 1.82) is 0 Å². The molecule has 1 N–H and O–H groups in total. The molecule has 8 heavy (non-hydrogen) atoms. The second-order valence-corrected chi connectivity index (χ2v) is 1.88. The highest BCUT2D eigenvalue weighted by atomic mass is 16.5. The molecule has 1 unspecified atom stereocenters. The first-order valence-electron chi connectivity index (χ1n) is 2.48. The van der Waals surface area contributed by atoms with Gasteiger partial charge in [-0.2, -0.15) is 0 Å². The van der Waals surface area contributed by atoms with E-state index >= 15 is 0 Å². The van der Waals surface area contributed by atoms with Crippen LogP contribution in [0.5, 0.6) is 0 Å². The lowest BCUT2D eigenvalue weighted by molar-refractivity contribution is 0.000709. The molecule has 0 aliphatic rings. The molecule has 0 aliphatic carbocycles. The predicted molar refractivity (Wildman–Crippen MR) is 32.7 cm³/mol. The average molecular weight is 116 g/mol. The fourth-order valence-corrected chi connectivity index (χ4v) is 0.212. The van der Waals surface area contributed by atoms with Gasteiger partial charge in [0.1, 0.15) is 5.60 Å². The molecular weight excluding hydrogens is 104 g/mol. The standard InChI is InChI=1S/C6H12O2/c1-4-6(2,5-7)8-3/h4,7H,1,5H2,2-3H3. The molecule has 0 aromatic heterocycles. The number of ether oxygens (including phenoxy) is 1. The summed E-state index contributed by atoms with van der Waals surface area (Å²) in [5, 5.41) is 8.59. The molecule has 0 heterocycles. The number of rotatable bonds is 3. The van der Waals surface area contributed by atoms with E-state index in [4.69, 9.17) is 9.84 Å². The molecule has 1 atom stereocenters. The Morgan fingerprint density at radius 3 is 2.38 bits per heavy atom. The van der Waals surface area contributed by atoms with Crippen molar-refractivity contribution in [3.05, 3.63) is 12.7 Å². The van der Waals surface area contributed by atoms with Crippen molar-refractivity contribution in [3.63, 3.8) is 0 Å². The van der Waals surface area contributed by atoms with Crippen molar-refractivity contribution in [2.24, 2.45) is 0 Å². The topological polar surface area (TPSA) is 29.5 Å². The summed E-state index contributed by atoms with van der Waals surface area (Å²) in [6, 6.07) is 0. The van der Waals surface area contributed by atoms with Crippen molar-refractivity contribution in [2.45, 2.75) is 12.5 Å². The van der Waals surface area contributed by atoms with Gasteiger partial charge in [0, 0.05) is 7.11 Å². The van der Waals surface area contributed by atoms with Gasteiger partial charge < -0.3 is 9.84 Å². The van der Waals surface area contributed by atoms with Crippen LogP contribution in [0.2, 0.25) is 0 Å². The van der Waals surface area contributed by atoms with Crippen molar-refractivity contribution < 1.29 is 9.84 Å². The van der Waals surface area contributed by atoms with E-state index in [2.05, 4.69) is 6.58 Å². The van der Waals surface area contributed by atoms with E-state index in [9.17, 15) is 0 Å². The Hall–Kier alpha value is -0.340. The third-order valence-corrected chi connectivity index (χ3v) is 1.21. The zero-order valence-corrected chi connectivity index (χ0v) is 5.35. The van der Waals surface area contributed by atoms with Crippen molar-refractivity contribution in [3.8, 4) is 0 Å². The highest BCUT2D eigenvalue weighted by molar-refractivity contribution is 4.92. The van der Waals surface area contributed by atoms with Crippen LogP contribution in [0.4, 0.5) is 0 Å². The van der Waals surface area contributed by atoms with E-state index in [-0.39, 0.29) is 6.61 Å². The van der Waals surface area contributed by atoms with Crippen LogP contribution in [0.15, 0.2) is 12.7 Å². The fraction of sp³-hybridized carbons (Fsp3) is 0.667. The molecule has 0 bridgehead atoms. The lowest BCUT2D eigenvalue weighted by atomic mass is 10.1. The molecule has 0 aromatic carbocycles. The lowest BCUT2D eigenvalue weighted by Crippen LogP contribution is -2.28. The molecule has 0 spiro atoms. The molecule has 0 aromatic rings. The summed E-state index contributed by atoms with van der Waals surface area (Å²) in [4.78, 5) is 0. The van der Waals surface area contributed by atoms with Crippen LogP contribution < -0.4 is 0 Å². The van der Waals surface area contributed by atoms with Crippen LogP contribution in [-0.4, -0.2) is 24.4 Å². The maximum atomic E-state index is 8.59. The summed E-state index contributed by atoms with van der Waals surface area (Å²) in [7, 11) is 1.54. The highest BCUT2D eigenvalue weighted by Crippen LogP contribution is 2.06. The zero-order chi connectivity index (χ0) is 6.62. The predicted octanol–water partition coefficient (Wildman–Crippen LogP) is 0.570. The first-order chi connectivity index (χ1) is 3.68. The summed E-state index contributed by atoms with van der Waals surface area (Å²) >= 11 is 0. The van der Waals surface area contributed by atoms with Crippen LogP contribution in [0.1, 0.15) is 6.92 Å². The van der Waals surface area contributed by atoms with E-state index in [1.54, 1.807) is 13.0 Å². The first-order valence-corrected chi connectivity index (χ1v) is 2.48. The molecule has 2 heteroatoms. The van der Waals surface area contributed by atoms with Crippen LogP contribution in [0.3, 0.4) is 0 Å². The molecule has 0 radical (unpaired) electrons. The molecule has 0 saturated heterocycles. The second-order valence-electron chi connectivity index (χ2n) is 1.88. The van der Waals surface area contributed by atoms with Crippen molar-refractivity contribution in [1.82, 2.24) is 0 Å². The van der Waals surface area contributed by atoms with Gasteiger partial charge in [-0.1, -0.05) is 6.08 Å². The normalized spacial score (nSPS) is 17.4. The average Bonchev–Trinajstić information content (AvgIpc) is 1.87. The summed E-state index contributed by atoms with van der Waals surface area (Å²) in [5.74, 6) is 0. The van der Waals surface area contributed by atoms with Crippen LogP contribution in [0.25, 0.3) is 0 Å². The number of hydrogen-bond donors (Lipinski definition) is 1. The van der Waals surface area contributed by atoms with E-state index in [0.717, 1.165) is 0 Å². The van der Waals surface area contributed by atoms with Gasteiger partial charge in [-0.15, -0.1) is 6.58 Å². The first kappa shape index (κ1) is 7.66. The molecule has 0 fully saturated rings. The highest BCUT2D eigenvalue weighted by Gasteiger charge is 2.15. The van der Waals surface area contributed by atoms with Crippen LogP contribution >= 0.6 is 0 Å². The minimum atomic E-state index is -0.556. The SMILES string of the molecule is C=CC(C)(CO)OC. The van der Waals surface area contributed by atoms with Gasteiger partial charge >= 0.3 is 0 Å². The van der Waals surface area contributed by atoms with Crippen LogP contribution in [0, 0.1) is 0 Å². The van der Waals surface area contributed by atoms with Gasteiger partial charge in [0.05, 0.1) is 6.61 Å². The number of methoxy groups -OCH3 is 1. The fourth-order valence-electron chi connectivity index (χ4n) is 0.212. The number of aliphatic hydroxyl groups is 1. The van der Waals surface area contributed by atoms with Crippen LogP contribution in [-0.2, 0) is 4.74 Å². The molecule has 0 saturated carbocycles. The monoisotopic (exact) mass is 116 g/mol. The third kappa shape index (κ3) is 1.64. The molecule has 0 aliphatic heterocycles. The van der Waals surface area contributed by atoms with Gasteiger partial charge in [0.25, 0.3) is 0 Å². The number of hydrogen-bond acceptors (Lipinski definition) is 2. The van der Waals surface area contributed by atoms with Gasteiger partial charge in [-0.3, -0.25) is 0 Å².